The highest BCUT2D eigenvalue weighted by atomic mass is 35.5. The van der Waals surface area contributed by atoms with Crippen LogP contribution in [0.15, 0.2) is 18.2 Å². The third kappa shape index (κ3) is 3.21. The molecule has 2 nitrogen and oxygen atoms in total. The van der Waals surface area contributed by atoms with Crippen molar-refractivity contribution in [3.63, 3.8) is 0 Å². The van der Waals surface area contributed by atoms with Gasteiger partial charge in [0.1, 0.15) is 0 Å². The molecular weight excluding hydrogens is 222 g/mol. The van der Waals surface area contributed by atoms with Gasteiger partial charge in [0, 0.05) is 18.2 Å². The first-order valence-electron chi connectivity index (χ1n) is 5.42. The zero-order chi connectivity index (χ0) is 12.3. The number of methoxy groups -OCH3 is 1. The average molecular weight is 242 g/mol. The van der Waals surface area contributed by atoms with Crippen molar-refractivity contribution >= 4 is 11.6 Å². The Morgan fingerprint density at radius 3 is 2.56 bits per heavy atom. The quantitative estimate of drug-likeness (QED) is 0.880. The molecule has 16 heavy (non-hydrogen) atoms. The number of ether oxygens (including phenoxy) is 1. The minimum Gasteiger partial charge on any atom is -0.377 e. The number of hydrogen-bond donors (Lipinski definition) is 1. The Labute approximate surface area is 103 Å². The van der Waals surface area contributed by atoms with E-state index < -0.39 is 0 Å². The standard InChI is InChI=1S/C13H20ClNO/c1-9-5-6-10(11(14)7-9)8-12(15)13(2,3)16-4/h5-7,12H,8,15H2,1-4H3. The van der Waals surface area contributed by atoms with E-state index in [-0.39, 0.29) is 11.6 Å². The van der Waals surface area contributed by atoms with E-state index in [9.17, 15) is 0 Å². The van der Waals surface area contributed by atoms with Crippen LogP contribution in [0, 0.1) is 6.92 Å². The highest BCUT2D eigenvalue weighted by molar-refractivity contribution is 6.31. The number of nitrogens with two attached hydrogens (primary N) is 1. The summed E-state index contributed by atoms with van der Waals surface area (Å²) in [5.74, 6) is 0. The maximum atomic E-state index is 6.17. The van der Waals surface area contributed by atoms with Gasteiger partial charge in [0.2, 0.25) is 0 Å². The van der Waals surface area contributed by atoms with Crippen molar-refractivity contribution in [2.75, 3.05) is 7.11 Å². The van der Waals surface area contributed by atoms with Crippen LogP contribution in [0.1, 0.15) is 25.0 Å². The van der Waals surface area contributed by atoms with E-state index in [1.165, 1.54) is 0 Å². The summed E-state index contributed by atoms with van der Waals surface area (Å²) in [4.78, 5) is 0. The van der Waals surface area contributed by atoms with Crippen LogP contribution in [0.3, 0.4) is 0 Å². The van der Waals surface area contributed by atoms with Gasteiger partial charge in [0.25, 0.3) is 0 Å². The molecule has 90 valence electrons. The van der Waals surface area contributed by atoms with Crippen LogP contribution in [-0.4, -0.2) is 18.8 Å². The third-order valence-corrected chi connectivity index (χ3v) is 3.42. The smallest absolute Gasteiger partial charge is 0.0776 e. The second-order valence-corrected chi connectivity index (χ2v) is 5.12. The van der Waals surface area contributed by atoms with Gasteiger partial charge in [-0.15, -0.1) is 0 Å². The summed E-state index contributed by atoms with van der Waals surface area (Å²) in [7, 11) is 1.68. The van der Waals surface area contributed by atoms with E-state index in [0.717, 1.165) is 22.6 Å². The zero-order valence-corrected chi connectivity index (χ0v) is 11.1. The average Bonchev–Trinajstić information content (AvgIpc) is 2.22. The van der Waals surface area contributed by atoms with Gasteiger partial charge in [-0.2, -0.15) is 0 Å². The van der Waals surface area contributed by atoms with E-state index in [4.69, 9.17) is 22.1 Å². The number of rotatable bonds is 4. The van der Waals surface area contributed by atoms with Crippen molar-refractivity contribution in [1.29, 1.82) is 0 Å². The van der Waals surface area contributed by atoms with Gasteiger partial charge >= 0.3 is 0 Å². The summed E-state index contributed by atoms with van der Waals surface area (Å²) in [5, 5.41) is 0.780. The Morgan fingerprint density at radius 1 is 1.44 bits per heavy atom. The molecule has 0 amide bonds. The molecule has 0 aliphatic carbocycles. The molecule has 1 unspecified atom stereocenters. The fraction of sp³-hybridized carbons (Fsp3) is 0.538. The van der Waals surface area contributed by atoms with Gasteiger partial charge in [-0.1, -0.05) is 23.7 Å². The first kappa shape index (κ1) is 13.5. The lowest BCUT2D eigenvalue weighted by Crippen LogP contribution is -2.46. The lowest BCUT2D eigenvalue weighted by molar-refractivity contribution is 0.000812. The van der Waals surface area contributed by atoms with Crippen LogP contribution in [-0.2, 0) is 11.2 Å². The monoisotopic (exact) mass is 241 g/mol. The minimum atomic E-state index is -0.339. The summed E-state index contributed by atoms with van der Waals surface area (Å²) in [6, 6.07) is 5.97. The molecule has 1 aromatic carbocycles. The molecule has 0 saturated carbocycles. The van der Waals surface area contributed by atoms with Gasteiger partial charge in [0.05, 0.1) is 5.60 Å². The lowest BCUT2D eigenvalue weighted by Gasteiger charge is -2.30. The van der Waals surface area contributed by atoms with Gasteiger partial charge < -0.3 is 10.5 Å². The molecule has 0 bridgehead atoms. The molecule has 1 atom stereocenters. The van der Waals surface area contributed by atoms with Crippen molar-refractivity contribution in [1.82, 2.24) is 0 Å². The SMILES string of the molecule is COC(C)(C)C(N)Cc1ccc(C)cc1Cl. The fourth-order valence-corrected chi connectivity index (χ4v) is 1.76. The summed E-state index contributed by atoms with van der Waals surface area (Å²) in [6.07, 6.45) is 0.722. The summed E-state index contributed by atoms with van der Waals surface area (Å²) in [6.45, 7) is 5.99. The molecule has 2 N–H and O–H groups in total. The second kappa shape index (κ2) is 5.17. The number of hydrogen-bond acceptors (Lipinski definition) is 2. The van der Waals surface area contributed by atoms with E-state index in [2.05, 4.69) is 0 Å². The zero-order valence-electron chi connectivity index (χ0n) is 10.4. The van der Waals surface area contributed by atoms with E-state index in [0.29, 0.717) is 0 Å². The topological polar surface area (TPSA) is 35.2 Å². The fourth-order valence-electron chi connectivity index (χ4n) is 1.45. The van der Waals surface area contributed by atoms with Crippen molar-refractivity contribution in [3.05, 3.63) is 34.3 Å². The maximum absolute atomic E-state index is 6.17. The normalized spacial score (nSPS) is 13.9. The molecule has 0 radical (unpaired) electrons. The minimum absolute atomic E-state index is 0.0716. The predicted octanol–water partition coefficient (Wildman–Crippen LogP) is 2.94. The highest BCUT2D eigenvalue weighted by Crippen LogP contribution is 2.22. The predicted molar refractivity (Wildman–Crippen MR) is 69.0 cm³/mol. The molecule has 0 aliphatic rings. The molecule has 3 heteroatoms. The van der Waals surface area contributed by atoms with Gasteiger partial charge in [-0.05, 0) is 44.4 Å². The van der Waals surface area contributed by atoms with Crippen LogP contribution in [0.4, 0.5) is 0 Å². The Morgan fingerprint density at radius 2 is 2.06 bits per heavy atom. The van der Waals surface area contributed by atoms with E-state index in [1.807, 2.05) is 39.0 Å². The maximum Gasteiger partial charge on any atom is 0.0776 e. The summed E-state index contributed by atoms with van der Waals surface area (Å²) < 4.78 is 5.37. The van der Waals surface area contributed by atoms with Crippen LogP contribution in [0.5, 0.6) is 0 Å². The molecule has 0 heterocycles. The van der Waals surface area contributed by atoms with Crippen LogP contribution in [0.2, 0.25) is 5.02 Å². The Bertz CT molecular complexity index is 363. The van der Waals surface area contributed by atoms with Gasteiger partial charge in [0.15, 0.2) is 0 Å². The summed E-state index contributed by atoms with van der Waals surface area (Å²) in [5.41, 5.74) is 8.01. The lowest BCUT2D eigenvalue weighted by atomic mass is 9.93. The van der Waals surface area contributed by atoms with Gasteiger partial charge in [-0.25, -0.2) is 0 Å². The molecule has 1 rings (SSSR count). The Balaban J connectivity index is 2.81. The molecule has 0 fully saturated rings. The first-order valence-corrected chi connectivity index (χ1v) is 5.80. The van der Waals surface area contributed by atoms with E-state index >= 15 is 0 Å². The molecule has 1 aromatic rings. The van der Waals surface area contributed by atoms with Gasteiger partial charge in [-0.3, -0.25) is 0 Å². The Kier molecular flexibility index (Phi) is 4.36. The molecule has 0 aliphatic heterocycles. The van der Waals surface area contributed by atoms with Crippen molar-refractivity contribution < 1.29 is 4.74 Å². The van der Waals surface area contributed by atoms with Crippen molar-refractivity contribution in [3.8, 4) is 0 Å². The third-order valence-electron chi connectivity index (χ3n) is 3.07. The summed E-state index contributed by atoms with van der Waals surface area (Å²) >= 11 is 6.17. The Hall–Kier alpha value is -0.570. The molecule has 0 aromatic heterocycles. The molecule has 0 spiro atoms. The van der Waals surface area contributed by atoms with Crippen LogP contribution < -0.4 is 5.73 Å². The van der Waals surface area contributed by atoms with E-state index in [1.54, 1.807) is 7.11 Å². The highest BCUT2D eigenvalue weighted by Gasteiger charge is 2.26. The number of aryl methyl sites for hydroxylation is 1. The largest absolute Gasteiger partial charge is 0.377 e. The number of benzene rings is 1. The molecule has 0 saturated heterocycles. The number of halogens is 1. The van der Waals surface area contributed by atoms with Crippen LogP contribution in [0.25, 0.3) is 0 Å². The van der Waals surface area contributed by atoms with Crippen LogP contribution >= 0.6 is 11.6 Å². The molecular formula is C13H20ClNO. The van der Waals surface area contributed by atoms with Crippen molar-refractivity contribution in [2.24, 2.45) is 5.73 Å². The second-order valence-electron chi connectivity index (χ2n) is 4.71. The van der Waals surface area contributed by atoms with Crippen molar-refractivity contribution in [2.45, 2.75) is 38.8 Å². The first-order chi connectivity index (χ1) is 7.36.